The Bertz CT molecular complexity index is 528. The maximum atomic E-state index is 13.3. The highest BCUT2D eigenvalue weighted by Gasteiger charge is 2.38. The van der Waals surface area contributed by atoms with Crippen LogP contribution in [0.4, 0.5) is 22.0 Å². The quantitative estimate of drug-likeness (QED) is 0.681. The average Bonchev–Trinajstić information content (AvgIpc) is 2.27. The molecule has 0 atom stereocenters. The number of hydrogen-bond acceptors (Lipinski definition) is 1. The van der Waals surface area contributed by atoms with Gasteiger partial charge in [0.1, 0.15) is 11.6 Å². The van der Waals surface area contributed by atoms with Crippen molar-refractivity contribution in [2.45, 2.75) is 12.6 Å². The minimum atomic E-state index is -4.86. The summed E-state index contributed by atoms with van der Waals surface area (Å²) in [5.74, 6) is -2.63. The van der Waals surface area contributed by atoms with Crippen LogP contribution in [0, 0.1) is 11.6 Å². The first kappa shape index (κ1) is 12.7. The fourth-order valence-electron chi connectivity index (χ4n) is 1.82. The van der Waals surface area contributed by atoms with Gasteiger partial charge >= 0.3 is 6.18 Å². The van der Waals surface area contributed by atoms with Crippen LogP contribution in [0.1, 0.15) is 17.5 Å². The Kier molecular flexibility index (Phi) is 3.19. The predicted octanol–water partition coefficient (Wildman–Crippen LogP) is 3.84. The number of rotatable bonds is 1. The Hall–Kier alpha value is -1.72. The maximum absolute atomic E-state index is 13.3. The molecule has 1 aromatic carbocycles. The number of dihydropyridines is 1. The van der Waals surface area contributed by atoms with E-state index in [-0.39, 0.29) is 18.1 Å². The van der Waals surface area contributed by atoms with Gasteiger partial charge in [-0.3, -0.25) is 4.99 Å². The van der Waals surface area contributed by atoms with E-state index in [9.17, 15) is 22.0 Å². The van der Waals surface area contributed by atoms with Crippen LogP contribution in [0.25, 0.3) is 5.57 Å². The smallest absolute Gasteiger partial charge is 0.293 e. The summed E-state index contributed by atoms with van der Waals surface area (Å²) in [7, 11) is 0. The molecule has 0 saturated heterocycles. The topological polar surface area (TPSA) is 12.4 Å². The lowest BCUT2D eigenvalue weighted by Crippen LogP contribution is -2.13. The van der Waals surface area contributed by atoms with Crippen molar-refractivity contribution in [2.24, 2.45) is 4.99 Å². The van der Waals surface area contributed by atoms with Gasteiger partial charge in [-0.25, -0.2) is 8.78 Å². The van der Waals surface area contributed by atoms with Gasteiger partial charge in [-0.15, -0.1) is 0 Å². The van der Waals surface area contributed by atoms with Crippen molar-refractivity contribution in [1.82, 2.24) is 0 Å². The van der Waals surface area contributed by atoms with Crippen LogP contribution >= 0.6 is 0 Å². The van der Waals surface area contributed by atoms with Crippen LogP contribution in [0.2, 0.25) is 0 Å². The zero-order valence-corrected chi connectivity index (χ0v) is 9.06. The van der Waals surface area contributed by atoms with Gasteiger partial charge in [0.2, 0.25) is 0 Å². The highest BCUT2D eigenvalue weighted by molar-refractivity contribution is 5.87. The van der Waals surface area contributed by atoms with Gasteiger partial charge in [0.15, 0.2) is 0 Å². The first-order valence-electron chi connectivity index (χ1n) is 5.15. The van der Waals surface area contributed by atoms with Gasteiger partial charge in [-0.2, -0.15) is 13.2 Å². The molecule has 0 aliphatic carbocycles. The lowest BCUT2D eigenvalue weighted by Gasteiger charge is -2.17. The molecule has 1 aliphatic rings. The third kappa shape index (κ3) is 2.42. The Labute approximate surface area is 99.6 Å². The Balaban J connectivity index is 2.64. The molecular formula is C12H8F5N. The summed E-state index contributed by atoms with van der Waals surface area (Å²) in [6.45, 7) is 0.307. The molecule has 0 saturated carbocycles. The molecule has 1 aliphatic heterocycles. The SMILES string of the molecule is Fc1cc(F)c(C(F)(F)F)c(C2=CC=NCC2)c1. The number of nitrogens with zero attached hydrogens (tertiary/aromatic N) is 1. The molecule has 0 spiro atoms. The van der Waals surface area contributed by atoms with Crippen LogP contribution in [0.3, 0.4) is 0 Å². The first-order valence-corrected chi connectivity index (χ1v) is 5.15. The second-order valence-electron chi connectivity index (χ2n) is 3.81. The number of alkyl halides is 3. The molecule has 0 radical (unpaired) electrons. The van der Waals surface area contributed by atoms with Gasteiger partial charge < -0.3 is 0 Å². The van der Waals surface area contributed by atoms with Gasteiger partial charge in [-0.1, -0.05) is 0 Å². The van der Waals surface area contributed by atoms with Crippen LogP contribution in [0.15, 0.2) is 23.2 Å². The van der Waals surface area contributed by atoms with Gasteiger partial charge in [0.05, 0.1) is 5.56 Å². The molecule has 1 nitrogen and oxygen atoms in total. The Morgan fingerprint density at radius 2 is 1.83 bits per heavy atom. The summed E-state index contributed by atoms with van der Waals surface area (Å²) in [6.07, 6.45) is -1.96. The van der Waals surface area contributed by atoms with Gasteiger partial charge in [0, 0.05) is 18.8 Å². The molecular weight excluding hydrogens is 253 g/mol. The minimum Gasteiger partial charge on any atom is -0.293 e. The molecule has 0 fully saturated rings. The summed E-state index contributed by atoms with van der Waals surface area (Å²) in [5.41, 5.74) is -1.65. The van der Waals surface area contributed by atoms with E-state index in [2.05, 4.69) is 4.99 Å². The lowest BCUT2D eigenvalue weighted by molar-refractivity contribution is -0.140. The molecule has 18 heavy (non-hydrogen) atoms. The molecule has 1 heterocycles. The normalized spacial score (nSPS) is 15.7. The van der Waals surface area contributed by atoms with E-state index in [1.54, 1.807) is 0 Å². The van der Waals surface area contributed by atoms with E-state index < -0.39 is 28.9 Å². The van der Waals surface area contributed by atoms with Crippen LogP contribution in [-0.4, -0.2) is 12.8 Å². The summed E-state index contributed by atoms with van der Waals surface area (Å²) in [4.78, 5) is 3.82. The van der Waals surface area contributed by atoms with E-state index in [0.29, 0.717) is 12.6 Å². The van der Waals surface area contributed by atoms with E-state index in [0.717, 1.165) is 0 Å². The van der Waals surface area contributed by atoms with E-state index >= 15 is 0 Å². The standard InChI is InChI=1S/C12H8F5N/c13-8-5-9(7-1-3-18-4-2-7)11(10(14)6-8)12(15,16)17/h1,3,5-6H,2,4H2. The molecule has 6 heteroatoms. The predicted molar refractivity (Wildman–Crippen MR) is 57.3 cm³/mol. The van der Waals surface area contributed by atoms with Crippen LogP contribution in [-0.2, 0) is 6.18 Å². The molecule has 96 valence electrons. The summed E-state index contributed by atoms with van der Waals surface area (Å²) in [6, 6.07) is 0.945. The van der Waals surface area contributed by atoms with E-state index in [1.807, 2.05) is 0 Å². The second-order valence-corrected chi connectivity index (χ2v) is 3.81. The minimum absolute atomic E-state index is 0.225. The van der Waals surface area contributed by atoms with Crippen LogP contribution in [0.5, 0.6) is 0 Å². The molecule has 1 aromatic rings. The highest BCUT2D eigenvalue weighted by Crippen LogP contribution is 2.38. The third-order valence-corrected chi connectivity index (χ3v) is 2.58. The monoisotopic (exact) mass is 261 g/mol. The number of halogens is 5. The van der Waals surface area contributed by atoms with Crippen LogP contribution < -0.4 is 0 Å². The number of aliphatic imine (C=N–C) groups is 1. The van der Waals surface area contributed by atoms with Crippen molar-refractivity contribution in [2.75, 3.05) is 6.54 Å². The van der Waals surface area contributed by atoms with E-state index in [1.165, 1.54) is 12.3 Å². The molecule has 0 N–H and O–H groups in total. The zero-order valence-electron chi connectivity index (χ0n) is 9.06. The third-order valence-electron chi connectivity index (χ3n) is 2.58. The largest absolute Gasteiger partial charge is 0.419 e. The van der Waals surface area contributed by atoms with Crippen molar-refractivity contribution in [3.63, 3.8) is 0 Å². The van der Waals surface area contributed by atoms with Crippen molar-refractivity contribution in [3.8, 4) is 0 Å². The highest BCUT2D eigenvalue weighted by atomic mass is 19.4. The van der Waals surface area contributed by atoms with Crippen molar-refractivity contribution in [1.29, 1.82) is 0 Å². The van der Waals surface area contributed by atoms with E-state index in [4.69, 9.17) is 0 Å². The summed E-state index contributed by atoms with van der Waals surface area (Å²) in [5, 5.41) is 0. The number of allylic oxidation sites excluding steroid dienone is 1. The number of hydrogen-bond donors (Lipinski definition) is 0. The second kappa shape index (κ2) is 4.51. The van der Waals surface area contributed by atoms with Crippen molar-refractivity contribution in [3.05, 3.63) is 41.0 Å². The average molecular weight is 261 g/mol. The zero-order chi connectivity index (χ0) is 13.3. The van der Waals surface area contributed by atoms with Crippen molar-refractivity contribution >= 4 is 11.8 Å². The number of benzene rings is 1. The Morgan fingerprint density at radius 1 is 1.11 bits per heavy atom. The molecule has 0 aromatic heterocycles. The summed E-state index contributed by atoms with van der Waals surface area (Å²) >= 11 is 0. The first-order chi connectivity index (χ1) is 8.39. The maximum Gasteiger partial charge on any atom is 0.419 e. The van der Waals surface area contributed by atoms with Gasteiger partial charge in [-0.05, 0) is 29.7 Å². The fourth-order valence-corrected chi connectivity index (χ4v) is 1.82. The van der Waals surface area contributed by atoms with Crippen molar-refractivity contribution < 1.29 is 22.0 Å². The Morgan fingerprint density at radius 3 is 2.39 bits per heavy atom. The molecule has 0 bridgehead atoms. The molecule has 0 unspecified atom stereocenters. The summed E-state index contributed by atoms with van der Waals surface area (Å²) < 4.78 is 64.7. The molecule has 2 rings (SSSR count). The fraction of sp³-hybridized carbons (Fsp3) is 0.250. The molecule has 0 amide bonds. The lowest BCUT2D eigenvalue weighted by atomic mass is 9.95. The van der Waals surface area contributed by atoms with Gasteiger partial charge in [0.25, 0.3) is 0 Å².